The molecule has 1 saturated heterocycles. The quantitative estimate of drug-likeness (QED) is 0.587. The predicted octanol–water partition coefficient (Wildman–Crippen LogP) is 4.78. The third-order valence-corrected chi connectivity index (χ3v) is 6.22. The van der Waals surface area contributed by atoms with Gasteiger partial charge >= 0.3 is 0 Å². The molecule has 1 atom stereocenters. The number of hydrogen-bond acceptors (Lipinski definition) is 5. The molecule has 1 aromatic heterocycles. The van der Waals surface area contributed by atoms with Crippen molar-refractivity contribution in [2.24, 2.45) is 4.99 Å². The molecule has 0 N–H and O–H groups in total. The number of para-hydroxylation sites is 3. The average molecular weight is 404 g/mol. The number of aliphatic imine (C=N–C) groups is 1. The molecule has 0 aliphatic carbocycles. The van der Waals surface area contributed by atoms with Crippen molar-refractivity contribution in [1.82, 2.24) is 9.80 Å². The van der Waals surface area contributed by atoms with Crippen LogP contribution < -0.4 is 4.74 Å². The lowest BCUT2D eigenvalue weighted by molar-refractivity contribution is 0.0586. The molecule has 1 unspecified atom stereocenters. The summed E-state index contributed by atoms with van der Waals surface area (Å²) in [5, 5.41) is 1.95. The van der Waals surface area contributed by atoms with Gasteiger partial charge in [0.15, 0.2) is 5.75 Å². The molecule has 0 spiro atoms. The van der Waals surface area contributed by atoms with Crippen LogP contribution in [-0.2, 0) is 0 Å². The van der Waals surface area contributed by atoms with Crippen LogP contribution in [0.2, 0.25) is 0 Å². The van der Waals surface area contributed by atoms with Gasteiger partial charge < -0.3 is 14.5 Å². The zero-order chi connectivity index (χ0) is 19.8. The van der Waals surface area contributed by atoms with E-state index < -0.39 is 0 Å². The molecular formula is C23H21N3O2S. The Hall–Kier alpha value is -3.12. The second-order valence-electron chi connectivity index (χ2n) is 7.27. The van der Waals surface area contributed by atoms with Gasteiger partial charge in [-0.15, -0.1) is 11.3 Å². The molecular weight excluding hydrogens is 382 g/mol. The molecule has 5 nitrogen and oxygen atoms in total. The van der Waals surface area contributed by atoms with Crippen molar-refractivity contribution in [3.8, 4) is 11.5 Å². The average Bonchev–Trinajstić information content (AvgIpc) is 3.22. The number of fused-ring (bicyclic) bond motifs is 2. The van der Waals surface area contributed by atoms with E-state index in [2.05, 4.69) is 11.8 Å². The van der Waals surface area contributed by atoms with E-state index in [1.165, 1.54) is 11.3 Å². The lowest BCUT2D eigenvalue weighted by atomic mass is 10.1. The Morgan fingerprint density at radius 3 is 2.62 bits per heavy atom. The number of rotatable bonds is 1. The Balaban J connectivity index is 1.46. The first-order chi connectivity index (χ1) is 14.2. The maximum absolute atomic E-state index is 12.8. The van der Waals surface area contributed by atoms with Gasteiger partial charge in [-0.2, -0.15) is 0 Å². The van der Waals surface area contributed by atoms with E-state index in [1.54, 1.807) is 0 Å². The molecule has 0 bridgehead atoms. The number of carbonyl (C=O) groups excluding carboxylic acids is 1. The largest absolute Gasteiger partial charge is 0.454 e. The number of carbonyl (C=O) groups is 1. The Bertz CT molecular complexity index is 1080. The summed E-state index contributed by atoms with van der Waals surface area (Å²) in [4.78, 5) is 22.8. The molecule has 2 aliphatic rings. The summed E-state index contributed by atoms with van der Waals surface area (Å²) in [6.45, 7) is 4.23. The zero-order valence-electron chi connectivity index (χ0n) is 16.1. The molecule has 0 saturated carbocycles. The van der Waals surface area contributed by atoms with Crippen molar-refractivity contribution in [2.75, 3.05) is 19.6 Å². The van der Waals surface area contributed by atoms with Crippen LogP contribution in [0.25, 0.3) is 0 Å². The number of hydrogen-bond donors (Lipinski definition) is 0. The van der Waals surface area contributed by atoms with Crippen LogP contribution in [0, 0.1) is 0 Å². The van der Waals surface area contributed by atoms with E-state index in [1.807, 2.05) is 70.9 Å². The number of ether oxygens (including phenoxy) is 1. The first kappa shape index (κ1) is 17.9. The second-order valence-corrected chi connectivity index (χ2v) is 8.22. The minimum absolute atomic E-state index is 0.0904. The van der Waals surface area contributed by atoms with Gasteiger partial charge in [-0.1, -0.05) is 30.3 Å². The standard InChI is InChI=1S/C23H21N3O2S/c1-16-15-25(12-13-26(16)23(27)21-11-6-14-29-21)22-17-7-2-4-9-19(17)28-20-10-5-3-8-18(20)24-22/h2-11,14,16H,12-13,15H2,1H3. The lowest BCUT2D eigenvalue weighted by Gasteiger charge is -2.41. The summed E-state index contributed by atoms with van der Waals surface area (Å²) < 4.78 is 6.15. The summed E-state index contributed by atoms with van der Waals surface area (Å²) in [6.07, 6.45) is 0. The van der Waals surface area contributed by atoms with E-state index in [9.17, 15) is 4.79 Å². The summed E-state index contributed by atoms with van der Waals surface area (Å²) in [6, 6.07) is 19.8. The van der Waals surface area contributed by atoms with E-state index in [-0.39, 0.29) is 11.9 Å². The summed E-state index contributed by atoms with van der Waals surface area (Å²) in [5.74, 6) is 2.58. The molecule has 5 rings (SSSR count). The third kappa shape index (κ3) is 3.29. The number of amides is 1. The fraction of sp³-hybridized carbons (Fsp3) is 0.217. The number of piperazine rings is 1. The highest BCUT2D eigenvalue weighted by Gasteiger charge is 2.32. The molecule has 2 aromatic carbocycles. The number of benzene rings is 2. The molecule has 1 fully saturated rings. The van der Waals surface area contributed by atoms with Crippen LogP contribution in [0.5, 0.6) is 11.5 Å². The fourth-order valence-electron chi connectivity index (χ4n) is 3.90. The molecule has 2 aliphatic heterocycles. The maximum atomic E-state index is 12.8. The van der Waals surface area contributed by atoms with Crippen molar-refractivity contribution < 1.29 is 9.53 Å². The zero-order valence-corrected chi connectivity index (χ0v) is 16.9. The van der Waals surface area contributed by atoms with Gasteiger partial charge in [0.05, 0.1) is 10.4 Å². The van der Waals surface area contributed by atoms with E-state index in [4.69, 9.17) is 9.73 Å². The monoisotopic (exact) mass is 403 g/mol. The Morgan fingerprint density at radius 1 is 1.03 bits per heavy atom. The maximum Gasteiger partial charge on any atom is 0.264 e. The van der Waals surface area contributed by atoms with Crippen molar-refractivity contribution in [2.45, 2.75) is 13.0 Å². The second kappa shape index (κ2) is 7.37. The molecule has 1 amide bonds. The number of amidine groups is 1. The topological polar surface area (TPSA) is 45.1 Å². The van der Waals surface area contributed by atoms with E-state index >= 15 is 0 Å². The summed E-state index contributed by atoms with van der Waals surface area (Å²) >= 11 is 1.50. The Morgan fingerprint density at radius 2 is 1.83 bits per heavy atom. The van der Waals surface area contributed by atoms with Crippen LogP contribution in [-0.4, -0.2) is 47.2 Å². The summed E-state index contributed by atoms with van der Waals surface area (Å²) in [7, 11) is 0. The van der Waals surface area contributed by atoms with Crippen LogP contribution in [0.1, 0.15) is 22.2 Å². The molecule has 6 heteroatoms. The van der Waals surface area contributed by atoms with Crippen molar-refractivity contribution >= 4 is 28.8 Å². The fourth-order valence-corrected chi connectivity index (χ4v) is 4.58. The lowest BCUT2D eigenvalue weighted by Crippen LogP contribution is -2.55. The van der Waals surface area contributed by atoms with Crippen LogP contribution in [0.4, 0.5) is 5.69 Å². The minimum Gasteiger partial charge on any atom is -0.454 e. The molecule has 3 heterocycles. The molecule has 0 radical (unpaired) electrons. The van der Waals surface area contributed by atoms with Crippen molar-refractivity contribution in [3.63, 3.8) is 0 Å². The predicted molar refractivity (Wildman–Crippen MR) is 116 cm³/mol. The van der Waals surface area contributed by atoms with Gasteiger partial charge in [-0.05, 0) is 42.6 Å². The smallest absolute Gasteiger partial charge is 0.264 e. The highest BCUT2D eigenvalue weighted by Crippen LogP contribution is 2.38. The van der Waals surface area contributed by atoms with E-state index in [0.29, 0.717) is 6.54 Å². The Labute approximate surface area is 173 Å². The van der Waals surface area contributed by atoms with Gasteiger partial charge in [0.25, 0.3) is 5.91 Å². The highest BCUT2D eigenvalue weighted by atomic mass is 32.1. The van der Waals surface area contributed by atoms with Crippen molar-refractivity contribution in [1.29, 1.82) is 0 Å². The Kier molecular flexibility index (Phi) is 4.56. The molecule has 3 aromatic rings. The first-order valence-corrected chi connectivity index (χ1v) is 10.6. The van der Waals surface area contributed by atoms with Gasteiger partial charge in [-0.3, -0.25) is 4.79 Å². The van der Waals surface area contributed by atoms with Gasteiger partial charge in [0.1, 0.15) is 17.3 Å². The highest BCUT2D eigenvalue weighted by molar-refractivity contribution is 7.12. The van der Waals surface area contributed by atoms with E-state index in [0.717, 1.165) is 46.6 Å². The van der Waals surface area contributed by atoms with Gasteiger partial charge in [0.2, 0.25) is 0 Å². The van der Waals surface area contributed by atoms with Gasteiger partial charge in [0, 0.05) is 25.7 Å². The number of nitrogens with zero attached hydrogens (tertiary/aromatic N) is 3. The first-order valence-electron chi connectivity index (χ1n) is 9.75. The minimum atomic E-state index is 0.0904. The molecule has 29 heavy (non-hydrogen) atoms. The van der Waals surface area contributed by atoms with Crippen molar-refractivity contribution in [3.05, 3.63) is 76.5 Å². The van der Waals surface area contributed by atoms with Crippen LogP contribution in [0.3, 0.4) is 0 Å². The summed E-state index contributed by atoms with van der Waals surface area (Å²) in [5.41, 5.74) is 1.80. The van der Waals surface area contributed by atoms with Crippen LogP contribution >= 0.6 is 11.3 Å². The van der Waals surface area contributed by atoms with Crippen LogP contribution in [0.15, 0.2) is 71.0 Å². The third-order valence-electron chi connectivity index (χ3n) is 5.36. The van der Waals surface area contributed by atoms with Gasteiger partial charge in [-0.25, -0.2) is 4.99 Å². The normalized spacial score (nSPS) is 18.2. The SMILES string of the molecule is CC1CN(C2=Nc3ccccc3Oc3ccccc32)CCN1C(=O)c1cccs1. The molecule has 146 valence electrons. The number of thiophene rings is 1.